The summed E-state index contributed by atoms with van der Waals surface area (Å²) in [7, 11) is 3.03. The van der Waals surface area contributed by atoms with Gasteiger partial charge in [-0.25, -0.2) is 4.79 Å². The van der Waals surface area contributed by atoms with Gasteiger partial charge in [0, 0.05) is 16.6 Å². The Hall–Kier alpha value is -2.65. The number of nitrogens with zero attached hydrogens (tertiary/aromatic N) is 1. The number of halogens is 1. The lowest BCUT2D eigenvalue weighted by molar-refractivity contribution is 0.0734. The van der Waals surface area contributed by atoms with Crippen LogP contribution in [0.15, 0.2) is 46.0 Å². The maximum Gasteiger partial charge on any atom is 0.343 e. The van der Waals surface area contributed by atoms with Crippen LogP contribution in [0.25, 0.3) is 0 Å². The molecule has 0 aliphatic carbocycles. The summed E-state index contributed by atoms with van der Waals surface area (Å²) in [5.74, 6) is 0.783. The van der Waals surface area contributed by atoms with Crippen molar-refractivity contribution in [2.45, 2.75) is 6.92 Å². The third-order valence-electron chi connectivity index (χ3n) is 3.50. The Labute approximate surface area is 177 Å². The van der Waals surface area contributed by atoms with E-state index in [1.807, 2.05) is 6.92 Å². The van der Waals surface area contributed by atoms with Gasteiger partial charge in [0.2, 0.25) is 0 Å². The van der Waals surface area contributed by atoms with Crippen molar-refractivity contribution in [2.24, 2.45) is 5.10 Å². The summed E-state index contributed by atoms with van der Waals surface area (Å²) in [5.41, 5.74) is 3.62. The minimum absolute atomic E-state index is 0.329. The molecule has 2 aromatic rings. The van der Waals surface area contributed by atoms with Crippen LogP contribution in [0.3, 0.4) is 0 Å². The highest BCUT2D eigenvalue weighted by Crippen LogP contribution is 2.29. The van der Waals surface area contributed by atoms with Gasteiger partial charge in [-0.05, 0) is 55.5 Å². The smallest absolute Gasteiger partial charge is 0.343 e. The van der Waals surface area contributed by atoms with Crippen LogP contribution in [0.2, 0.25) is 0 Å². The fourth-order valence-corrected chi connectivity index (χ4v) is 2.77. The van der Waals surface area contributed by atoms with Gasteiger partial charge in [0.25, 0.3) is 0 Å². The number of thiocarbonyl (C=S) groups is 1. The number of hydrogen-bond acceptors (Lipinski definition) is 6. The van der Waals surface area contributed by atoms with Crippen molar-refractivity contribution in [3.8, 4) is 17.2 Å². The Morgan fingerprint density at radius 2 is 1.86 bits per heavy atom. The van der Waals surface area contributed by atoms with Crippen molar-refractivity contribution < 1.29 is 19.0 Å². The highest BCUT2D eigenvalue weighted by atomic mass is 79.9. The van der Waals surface area contributed by atoms with Gasteiger partial charge in [-0.15, -0.1) is 0 Å². The maximum absolute atomic E-state index is 12.6. The summed E-state index contributed by atoms with van der Waals surface area (Å²) in [6, 6.07) is 10.0. The second-order valence-corrected chi connectivity index (χ2v) is 6.69. The average Bonchev–Trinajstić information content (AvgIpc) is 2.69. The molecule has 0 aliphatic rings. The molecule has 0 amide bonds. The van der Waals surface area contributed by atoms with Crippen LogP contribution in [-0.2, 0) is 0 Å². The second-order valence-electron chi connectivity index (χ2n) is 5.37. The molecule has 9 heteroatoms. The van der Waals surface area contributed by atoms with Crippen LogP contribution >= 0.6 is 28.1 Å². The first-order valence-corrected chi connectivity index (χ1v) is 9.49. The largest absolute Gasteiger partial charge is 0.493 e. The normalized spacial score (nSPS) is 10.4. The van der Waals surface area contributed by atoms with E-state index in [2.05, 4.69) is 31.8 Å². The molecule has 2 N–H and O–H groups in total. The van der Waals surface area contributed by atoms with Gasteiger partial charge in [-0.1, -0.05) is 15.9 Å². The number of nitrogens with one attached hydrogen (secondary N) is 2. The van der Waals surface area contributed by atoms with E-state index in [0.717, 1.165) is 4.47 Å². The zero-order chi connectivity index (χ0) is 20.5. The minimum Gasteiger partial charge on any atom is -0.493 e. The predicted molar refractivity (Wildman–Crippen MR) is 116 cm³/mol. The number of rotatable bonds is 7. The van der Waals surface area contributed by atoms with Crippen molar-refractivity contribution >= 4 is 45.4 Å². The molecule has 2 rings (SSSR count). The third kappa shape index (κ3) is 5.93. The molecule has 0 atom stereocenters. The number of carbonyl (C=O) groups is 1. The number of hydrogen-bond donors (Lipinski definition) is 2. The van der Waals surface area contributed by atoms with E-state index in [9.17, 15) is 4.79 Å². The summed E-state index contributed by atoms with van der Waals surface area (Å²) < 4.78 is 16.8. The van der Waals surface area contributed by atoms with Gasteiger partial charge in [-0.3, -0.25) is 5.43 Å². The first-order chi connectivity index (χ1) is 13.5. The fourth-order valence-electron chi connectivity index (χ4n) is 2.20. The fraction of sp³-hybridized carbons (Fsp3) is 0.211. The average molecular weight is 466 g/mol. The lowest BCUT2D eigenvalue weighted by Gasteiger charge is -2.11. The molecule has 0 bridgehead atoms. The molecule has 0 radical (unpaired) electrons. The molecule has 0 aromatic heterocycles. The van der Waals surface area contributed by atoms with Crippen molar-refractivity contribution in [3.63, 3.8) is 0 Å². The lowest BCUT2D eigenvalue weighted by atomic mass is 10.2. The Morgan fingerprint density at radius 3 is 2.54 bits per heavy atom. The summed E-state index contributed by atoms with van der Waals surface area (Å²) >= 11 is 8.45. The Morgan fingerprint density at radius 1 is 1.14 bits per heavy atom. The highest BCUT2D eigenvalue weighted by molar-refractivity contribution is 9.10. The van der Waals surface area contributed by atoms with Gasteiger partial charge in [-0.2, -0.15) is 5.10 Å². The van der Waals surface area contributed by atoms with E-state index in [-0.39, 0.29) is 0 Å². The molecule has 0 saturated carbocycles. The summed E-state index contributed by atoms with van der Waals surface area (Å²) in [6.45, 7) is 2.62. The number of hydrazone groups is 1. The van der Waals surface area contributed by atoms with Gasteiger partial charge in [0.05, 0.1) is 26.0 Å². The van der Waals surface area contributed by atoms with E-state index in [1.54, 1.807) is 36.4 Å². The zero-order valence-electron chi connectivity index (χ0n) is 15.6. The van der Waals surface area contributed by atoms with Crippen LogP contribution in [0, 0.1) is 0 Å². The van der Waals surface area contributed by atoms with Crippen molar-refractivity contribution in [2.75, 3.05) is 20.8 Å². The van der Waals surface area contributed by atoms with Crippen LogP contribution in [0.1, 0.15) is 22.8 Å². The van der Waals surface area contributed by atoms with Gasteiger partial charge in [0.1, 0.15) is 5.75 Å². The van der Waals surface area contributed by atoms with E-state index < -0.39 is 5.97 Å². The number of ether oxygens (including phenoxy) is 3. The van der Waals surface area contributed by atoms with Gasteiger partial charge >= 0.3 is 5.97 Å². The predicted octanol–water partition coefficient (Wildman–Crippen LogP) is 3.50. The minimum atomic E-state index is -0.533. The molecule has 0 fully saturated rings. The lowest BCUT2D eigenvalue weighted by Crippen LogP contribution is -2.31. The van der Waals surface area contributed by atoms with Crippen molar-refractivity contribution in [1.29, 1.82) is 0 Å². The maximum atomic E-state index is 12.6. The Balaban J connectivity index is 2.20. The van der Waals surface area contributed by atoms with E-state index in [1.165, 1.54) is 20.4 Å². The van der Waals surface area contributed by atoms with Crippen LogP contribution in [0.5, 0.6) is 17.2 Å². The molecular formula is C19H20BrN3O4S. The number of carbonyl (C=O) groups excluding carboxylic acids is 1. The topological polar surface area (TPSA) is 81.2 Å². The van der Waals surface area contributed by atoms with E-state index in [0.29, 0.717) is 40.0 Å². The van der Waals surface area contributed by atoms with Crippen molar-refractivity contribution in [3.05, 3.63) is 52.0 Å². The molecule has 7 nitrogen and oxygen atoms in total. The third-order valence-corrected chi connectivity index (χ3v) is 4.23. The molecule has 0 aliphatic heterocycles. The van der Waals surface area contributed by atoms with Crippen LogP contribution in [0.4, 0.5) is 0 Å². The van der Waals surface area contributed by atoms with Gasteiger partial charge < -0.3 is 19.5 Å². The Bertz CT molecular complexity index is 889. The first kappa shape index (κ1) is 21.6. The monoisotopic (exact) mass is 465 g/mol. The number of esters is 1. The number of benzene rings is 2. The van der Waals surface area contributed by atoms with E-state index >= 15 is 0 Å². The molecule has 0 unspecified atom stereocenters. The van der Waals surface area contributed by atoms with E-state index in [4.69, 9.17) is 26.4 Å². The summed E-state index contributed by atoms with van der Waals surface area (Å²) in [4.78, 5) is 12.6. The second kappa shape index (κ2) is 10.6. The zero-order valence-corrected chi connectivity index (χ0v) is 18.0. The molecular weight excluding hydrogens is 446 g/mol. The molecule has 0 spiro atoms. The Kier molecular flexibility index (Phi) is 8.21. The standard InChI is InChI=1S/C19H20BrN3O4S/c1-4-21-19(28)23-22-11-13-9-14(20)6-8-15(13)27-18(24)12-5-7-16(25-2)17(10-12)26-3/h5-11H,4H2,1-3H3,(H2,21,23,28)/b22-11+. The first-order valence-electron chi connectivity index (χ1n) is 8.29. The van der Waals surface area contributed by atoms with Crippen LogP contribution in [-0.4, -0.2) is 38.1 Å². The molecule has 0 heterocycles. The SMILES string of the molecule is CCNC(=S)N/N=C/c1cc(Br)ccc1OC(=O)c1ccc(OC)c(OC)c1. The highest BCUT2D eigenvalue weighted by Gasteiger charge is 2.14. The molecule has 0 saturated heterocycles. The molecule has 2 aromatic carbocycles. The summed E-state index contributed by atoms with van der Waals surface area (Å²) in [5, 5.41) is 7.39. The molecule has 148 valence electrons. The van der Waals surface area contributed by atoms with Gasteiger partial charge in [0.15, 0.2) is 16.6 Å². The number of methoxy groups -OCH3 is 2. The molecule has 28 heavy (non-hydrogen) atoms. The quantitative estimate of drug-likeness (QED) is 0.213. The summed E-state index contributed by atoms with van der Waals surface area (Å²) in [6.07, 6.45) is 1.52. The van der Waals surface area contributed by atoms with Crippen molar-refractivity contribution in [1.82, 2.24) is 10.7 Å². The van der Waals surface area contributed by atoms with Crippen LogP contribution < -0.4 is 25.0 Å².